The third-order valence-corrected chi connectivity index (χ3v) is 4.84. The van der Waals surface area contributed by atoms with E-state index >= 15 is 0 Å². The number of ether oxygens (including phenoxy) is 3. The lowest BCUT2D eigenvalue weighted by Crippen LogP contribution is -2.32. The topological polar surface area (TPSA) is 116 Å². The van der Waals surface area contributed by atoms with Gasteiger partial charge in [-0.25, -0.2) is 9.78 Å². The van der Waals surface area contributed by atoms with Crippen LogP contribution in [0.2, 0.25) is 0 Å². The summed E-state index contributed by atoms with van der Waals surface area (Å²) >= 11 is 6.19. The van der Waals surface area contributed by atoms with Crippen LogP contribution >= 0.6 is 23.6 Å². The molecule has 0 atom stereocenters. The third kappa shape index (κ3) is 7.15. The molecule has 0 saturated carbocycles. The molecule has 11 heteroatoms. The number of carbonyl (C=O) groups excluding carboxylic acids is 3. The summed E-state index contributed by atoms with van der Waals surface area (Å²) in [7, 11) is 1.44. The van der Waals surface area contributed by atoms with Crippen molar-refractivity contribution in [3.05, 3.63) is 40.4 Å². The Morgan fingerprint density at radius 3 is 2.65 bits per heavy atom. The number of thiazole rings is 1. The molecule has 0 saturated heterocycles. The molecule has 1 heterocycles. The molecule has 1 aromatic carbocycles. The fourth-order valence-corrected chi connectivity index (χ4v) is 3.44. The van der Waals surface area contributed by atoms with Gasteiger partial charge in [-0.2, -0.15) is 0 Å². The van der Waals surface area contributed by atoms with E-state index in [1.807, 2.05) is 0 Å². The van der Waals surface area contributed by atoms with Crippen LogP contribution in [-0.4, -0.2) is 41.7 Å². The van der Waals surface area contributed by atoms with E-state index in [4.69, 9.17) is 26.4 Å². The number of hydrogen-bond acceptors (Lipinski definition) is 9. The molecule has 1 aromatic heterocycles. The van der Waals surface area contributed by atoms with Crippen LogP contribution < -0.4 is 20.1 Å². The van der Waals surface area contributed by atoms with E-state index in [2.05, 4.69) is 15.6 Å². The lowest BCUT2D eigenvalue weighted by atomic mass is 10.2. The van der Waals surface area contributed by atoms with Crippen LogP contribution in [0.15, 0.2) is 24.3 Å². The molecule has 31 heavy (non-hydrogen) atoms. The third-order valence-electron chi connectivity index (χ3n) is 3.58. The molecule has 0 bridgehead atoms. The van der Waals surface area contributed by atoms with E-state index in [1.165, 1.54) is 20.1 Å². The second-order valence-corrected chi connectivity index (χ2v) is 7.34. The van der Waals surface area contributed by atoms with Crippen LogP contribution in [0.25, 0.3) is 6.08 Å². The second kappa shape index (κ2) is 11.2. The molecule has 9 nitrogen and oxygen atoms in total. The van der Waals surface area contributed by atoms with E-state index in [0.29, 0.717) is 27.0 Å². The van der Waals surface area contributed by atoms with Gasteiger partial charge in [0, 0.05) is 13.0 Å². The Morgan fingerprint density at radius 1 is 1.26 bits per heavy atom. The van der Waals surface area contributed by atoms with Crippen LogP contribution in [0.4, 0.5) is 5.13 Å². The van der Waals surface area contributed by atoms with Gasteiger partial charge in [0.25, 0.3) is 0 Å². The number of nitrogens with zero attached hydrogens (tertiary/aromatic N) is 1. The number of amides is 1. The first-order valence-corrected chi connectivity index (χ1v) is 10.3. The molecule has 2 aromatic rings. The Bertz CT molecular complexity index is 1030. The molecular formula is C20H21N3O6S2. The quantitative estimate of drug-likeness (QED) is 0.276. The number of aryl methyl sites for hydroxylation is 1. The zero-order valence-corrected chi connectivity index (χ0v) is 18.9. The van der Waals surface area contributed by atoms with Crippen molar-refractivity contribution in [2.24, 2.45) is 0 Å². The molecule has 1 amide bonds. The van der Waals surface area contributed by atoms with Crippen LogP contribution in [0, 0.1) is 6.92 Å². The van der Waals surface area contributed by atoms with Crippen LogP contribution in [0.5, 0.6) is 11.5 Å². The van der Waals surface area contributed by atoms with Crippen molar-refractivity contribution in [2.45, 2.75) is 20.8 Å². The number of rotatable bonds is 7. The lowest BCUT2D eigenvalue weighted by molar-refractivity contribution is -0.132. The highest BCUT2D eigenvalue weighted by molar-refractivity contribution is 7.80. The van der Waals surface area contributed by atoms with E-state index < -0.39 is 17.8 Å². The van der Waals surface area contributed by atoms with Crippen molar-refractivity contribution in [3.63, 3.8) is 0 Å². The molecule has 164 valence electrons. The number of carbonyl (C=O) groups is 3. The van der Waals surface area contributed by atoms with Crippen LogP contribution in [0.3, 0.4) is 0 Å². The first-order valence-electron chi connectivity index (χ1n) is 9.04. The molecule has 0 fully saturated rings. The number of nitrogens with one attached hydrogen (secondary N) is 2. The first kappa shape index (κ1) is 24.0. The van der Waals surface area contributed by atoms with E-state index in [1.54, 1.807) is 38.1 Å². The first-order chi connectivity index (χ1) is 14.7. The molecule has 0 aliphatic carbocycles. The monoisotopic (exact) mass is 463 g/mol. The van der Waals surface area contributed by atoms with Crippen molar-refractivity contribution >= 4 is 57.7 Å². The predicted octanol–water partition coefficient (Wildman–Crippen LogP) is 3.09. The lowest BCUT2D eigenvalue weighted by Gasteiger charge is -2.08. The average molecular weight is 464 g/mol. The van der Waals surface area contributed by atoms with Gasteiger partial charge in [-0.05, 0) is 49.8 Å². The molecule has 0 aliphatic rings. The van der Waals surface area contributed by atoms with Gasteiger partial charge >= 0.3 is 11.9 Å². The Hall–Kier alpha value is -3.31. The van der Waals surface area contributed by atoms with E-state index in [0.717, 1.165) is 11.3 Å². The van der Waals surface area contributed by atoms with Crippen molar-refractivity contribution in [3.8, 4) is 11.5 Å². The maximum absolute atomic E-state index is 12.1. The number of benzene rings is 1. The van der Waals surface area contributed by atoms with Gasteiger partial charge in [-0.3, -0.25) is 14.9 Å². The normalized spacial score (nSPS) is 10.5. The van der Waals surface area contributed by atoms with Gasteiger partial charge < -0.3 is 19.5 Å². The van der Waals surface area contributed by atoms with Crippen molar-refractivity contribution in [1.29, 1.82) is 0 Å². The standard InChI is InChI=1S/C20H21N3O6S2/c1-5-28-18(26)17-11(2)21-20(31-17)23-19(30)22-16(25)9-7-13-6-8-14(29-12(3)24)15(10-13)27-4/h6-10H,5H2,1-4H3,(H2,21,22,23,25,30)/b9-7+. The van der Waals surface area contributed by atoms with E-state index in [-0.39, 0.29) is 17.5 Å². The minimum atomic E-state index is -0.473. The average Bonchev–Trinajstić information content (AvgIpc) is 3.06. The van der Waals surface area contributed by atoms with Gasteiger partial charge in [0.05, 0.1) is 19.4 Å². The summed E-state index contributed by atoms with van der Waals surface area (Å²) in [6.45, 7) is 4.95. The minimum absolute atomic E-state index is 0.0293. The molecule has 2 N–H and O–H groups in total. The Kier molecular flexibility index (Phi) is 8.64. The smallest absolute Gasteiger partial charge is 0.350 e. The summed E-state index contributed by atoms with van der Waals surface area (Å²) in [6, 6.07) is 4.85. The highest BCUT2D eigenvalue weighted by Gasteiger charge is 2.17. The summed E-state index contributed by atoms with van der Waals surface area (Å²) in [4.78, 5) is 39.7. The fraction of sp³-hybridized carbons (Fsp3) is 0.250. The maximum Gasteiger partial charge on any atom is 0.350 e. The largest absolute Gasteiger partial charge is 0.493 e. The number of aromatic nitrogens is 1. The summed E-state index contributed by atoms with van der Waals surface area (Å²) in [5, 5.41) is 5.65. The Morgan fingerprint density at radius 2 is 2.00 bits per heavy atom. The summed E-state index contributed by atoms with van der Waals surface area (Å²) in [6.07, 6.45) is 2.83. The second-order valence-electron chi connectivity index (χ2n) is 5.93. The number of methoxy groups -OCH3 is 1. The molecule has 0 unspecified atom stereocenters. The Balaban J connectivity index is 1.97. The summed E-state index contributed by atoms with van der Waals surface area (Å²) < 4.78 is 15.2. The van der Waals surface area contributed by atoms with Crippen molar-refractivity contribution in [2.75, 3.05) is 19.0 Å². The Labute approximate surface area is 188 Å². The number of esters is 2. The molecular weight excluding hydrogens is 442 g/mol. The zero-order chi connectivity index (χ0) is 23.0. The number of hydrogen-bond donors (Lipinski definition) is 2. The maximum atomic E-state index is 12.1. The number of anilines is 1. The van der Waals surface area contributed by atoms with Gasteiger partial charge in [0.2, 0.25) is 5.91 Å². The minimum Gasteiger partial charge on any atom is -0.493 e. The number of thiocarbonyl (C=S) groups is 1. The molecule has 0 radical (unpaired) electrons. The molecule has 0 aliphatic heterocycles. The van der Waals surface area contributed by atoms with Crippen LogP contribution in [0.1, 0.15) is 34.8 Å². The molecule has 0 spiro atoms. The fourth-order valence-electron chi connectivity index (χ4n) is 2.32. The SMILES string of the molecule is CCOC(=O)c1sc(NC(=S)NC(=O)/C=C/c2ccc(OC(C)=O)c(OC)c2)nc1C. The van der Waals surface area contributed by atoms with E-state index in [9.17, 15) is 14.4 Å². The van der Waals surface area contributed by atoms with Gasteiger partial charge in [-0.15, -0.1) is 0 Å². The van der Waals surface area contributed by atoms with Crippen molar-refractivity contribution < 1.29 is 28.6 Å². The van der Waals surface area contributed by atoms with Gasteiger partial charge in [-0.1, -0.05) is 17.4 Å². The predicted molar refractivity (Wildman–Crippen MR) is 121 cm³/mol. The summed E-state index contributed by atoms with van der Waals surface area (Å²) in [5.74, 6) is -0.765. The van der Waals surface area contributed by atoms with Crippen molar-refractivity contribution in [1.82, 2.24) is 10.3 Å². The van der Waals surface area contributed by atoms with Crippen LogP contribution in [-0.2, 0) is 14.3 Å². The van der Waals surface area contributed by atoms with Gasteiger partial charge in [0.1, 0.15) is 4.88 Å². The highest BCUT2D eigenvalue weighted by atomic mass is 32.1. The molecule has 2 rings (SSSR count). The van der Waals surface area contributed by atoms with Gasteiger partial charge in [0.15, 0.2) is 21.7 Å². The zero-order valence-electron chi connectivity index (χ0n) is 17.3. The highest BCUT2D eigenvalue weighted by Crippen LogP contribution is 2.28. The summed E-state index contributed by atoms with van der Waals surface area (Å²) in [5.41, 5.74) is 1.16.